The number of phenols is 1. The zero-order chi connectivity index (χ0) is 16.5. The lowest BCUT2D eigenvalue weighted by Gasteiger charge is -2.03. The molecule has 2 aromatic carbocycles. The maximum Gasteiger partial charge on any atom is 0.115 e. The van der Waals surface area contributed by atoms with Crippen LogP contribution in [0.15, 0.2) is 48.5 Å². The van der Waals surface area contributed by atoms with Crippen LogP contribution >= 0.6 is 0 Å². The zero-order valence-corrected chi connectivity index (χ0v) is 13.6. The first kappa shape index (κ1) is 16.8. The monoisotopic (exact) mass is 305 g/mol. The lowest BCUT2D eigenvalue weighted by molar-refractivity contribution is 0.475. The van der Waals surface area contributed by atoms with Crippen molar-refractivity contribution in [1.82, 2.24) is 0 Å². The van der Waals surface area contributed by atoms with Crippen molar-refractivity contribution >= 4 is 11.6 Å². The Morgan fingerprint density at radius 1 is 1.00 bits per heavy atom. The zero-order valence-electron chi connectivity index (χ0n) is 13.6. The van der Waals surface area contributed by atoms with Crippen LogP contribution in [0.3, 0.4) is 0 Å². The minimum Gasteiger partial charge on any atom is -0.508 e. The van der Waals surface area contributed by atoms with Crippen molar-refractivity contribution in [1.29, 1.82) is 5.26 Å². The second-order valence-electron chi connectivity index (χ2n) is 5.77. The van der Waals surface area contributed by atoms with Crippen molar-refractivity contribution < 1.29 is 5.11 Å². The van der Waals surface area contributed by atoms with Gasteiger partial charge in [-0.2, -0.15) is 5.26 Å². The van der Waals surface area contributed by atoms with Gasteiger partial charge in [-0.05, 0) is 59.9 Å². The van der Waals surface area contributed by atoms with E-state index in [1.165, 1.54) is 31.2 Å². The first-order valence-corrected chi connectivity index (χ1v) is 8.23. The van der Waals surface area contributed by atoms with Crippen LogP contribution < -0.4 is 0 Å². The standard InChI is InChI=1S/C21H23NO/c1-2-3-4-5-6-17-7-9-18(10-8-17)15-20(16-22)19-11-13-21(23)14-12-19/h7-15,23H,2-6H2,1H3/b20-15-. The molecule has 0 saturated carbocycles. The Labute approximate surface area is 138 Å². The minimum absolute atomic E-state index is 0.207. The maximum absolute atomic E-state index is 9.35. The average molecular weight is 305 g/mol. The summed E-state index contributed by atoms with van der Waals surface area (Å²) in [5.74, 6) is 0.207. The van der Waals surface area contributed by atoms with E-state index in [9.17, 15) is 10.4 Å². The molecule has 0 fully saturated rings. The van der Waals surface area contributed by atoms with E-state index < -0.39 is 0 Å². The van der Waals surface area contributed by atoms with Gasteiger partial charge in [0.15, 0.2) is 0 Å². The van der Waals surface area contributed by atoms with E-state index in [1.54, 1.807) is 24.3 Å². The molecule has 0 amide bonds. The number of aryl methyl sites for hydroxylation is 1. The van der Waals surface area contributed by atoms with Crippen LogP contribution in [0.4, 0.5) is 0 Å². The second kappa shape index (κ2) is 8.80. The minimum atomic E-state index is 0.207. The second-order valence-corrected chi connectivity index (χ2v) is 5.77. The number of nitrogens with zero attached hydrogens (tertiary/aromatic N) is 1. The van der Waals surface area contributed by atoms with Crippen LogP contribution in [0.2, 0.25) is 0 Å². The third-order valence-corrected chi connectivity index (χ3v) is 3.91. The van der Waals surface area contributed by atoms with Gasteiger partial charge in [-0.1, -0.05) is 50.5 Å². The molecule has 2 heteroatoms. The summed E-state index contributed by atoms with van der Waals surface area (Å²) in [6.45, 7) is 2.22. The van der Waals surface area contributed by atoms with Crippen LogP contribution in [0.25, 0.3) is 11.6 Å². The summed E-state index contributed by atoms with van der Waals surface area (Å²) in [6, 6.07) is 17.3. The normalized spacial score (nSPS) is 11.2. The van der Waals surface area contributed by atoms with Crippen molar-refractivity contribution in [3.63, 3.8) is 0 Å². The Morgan fingerprint density at radius 2 is 1.70 bits per heavy atom. The number of hydrogen-bond donors (Lipinski definition) is 1. The Balaban J connectivity index is 2.05. The van der Waals surface area contributed by atoms with Gasteiger partial charge in [-0.3, -0.25) is 0 Å². The molecule has 0 aliphatic carbocycles. The molecule has 2 nitrogen and oxygen atoms in total. The summed E-state index contributed by atoms with van der Waals surface area (Å²) < 4.78 is 0. The molecule has 0 spiro atoms. The van der Waals surface area contributed by atoms with E-state index in [-0.39, 0.29) is 5.75 Å². The fourth-order valence-corrected chi connectivity index (χ4v) is 2.52. The lowest BCUT2D eigenvalue weighted by Crippen LogP contribution is -1.87. The molecule has 0 aromatic heterocycles. The summed E-state index contributed by atoms with van der Waals surface area (Å²) in [5.41, 5.74) is 3.78. The smallest absolute Gasteiger partial charge is 0.115 e. The highest BCUT2D eigenvalue weighted by atomic mass is 16.3. The first-order chi connectivity index (χ1) is 11.2. The van der Waals surface area contributed by atoms with Gasteiger partial charge in [0.25, 0.3) is 0 Å². The van der Waals surface area contributed by atoms with Crippen molar-refractivity contribution in [3.8, 4) is 11.8 Å². The largest absolute Gasteiger partial charge is 0.508 e. The molecule has 0 atom stereocenters. The quantitative estimate of drug-likeness (QED) is 0.412. The van der Waals surface area contributed by atoms with E-state index in [0.717, 1.165) is 17.5 Å². The van der Waals surface area contributed by atoms with E-state index in [0.29, 0.717) is 5.57 Å². The van der Waals surface area contributed by atoms with Gasteiger partial charge in [-0.15, -0.1) is 0 Å². The highest BCUT2D eigenvalue weighted by Crippen LogP contribution is 2.20. The highest BCUT2D eigenvalue weighted by molar-refractivity contribution is 5.89. The number of rotatable bonds is 7. The molecule has 0 bridgehead atoms. The van der Waals surface area contributed by atoms with Gasteiger partial charge in [-0.25, -0.2) is 0 Å². The Kier molecular flexibility index (Phi) is 6.44. The Bertz CT molecular complexity index is 675. The highest BCUT2D eigenvalue weighted by Gasteiger charge is 2.01. The summed E-state index contributed by atoms with van der Waals surface area (Å²) in [4.78, 5) is 0. The third-order valence-electron chi connectivity index (χ3n) is 3.91. The SMILES string of the molecule is CCCCCCc1ccc(/C=C(/C#N)c2ccc(O)cc2)cc1. The molecule has 0 aliphatic rings. The van der Waals surface area contributed by atoms with E-state index in [4.69, 9.17) is 0 Å². The molecule has 2 rings (SSSR count). The van der Waals surface area contributed by atoms with E-state index >= 15 is 0 Å². The van der Waals surface area contributed by atoms with Crippen molar-refractivity contribution in [2.75, 3.05) is 0 Å². The number of benzene rings is 2. The van der Waals surface area contributed by atoms with Crippen molar-refractivity contribution in [2.45, 2.75) is 39.0 Å². The fraction of sp³-hybridized carbons (Fsp3) is 0.286. The molecule has 0 aliphatic heterocycles. The Morgan fingerprint density at radius 3 is 2.30 bits per heavy atom. The van der Waals surface area contributed by atoms with E-state index in [2.05, 4.69) is 37.3 Å². The topological polar surface area (TPSA) is 44.0 Å². The molecule has 1 N–H and O–H groups in total. The summed E-state index contributed by atoms with van der Waals surface area (Å²) >= 11 is 0. The van der Waals surface area contributed by atoms with Gasteiger partial charge in [0.2, 0.25) is 0 Å². The number of aromatic hydroxyl groups is 1. The molecular formula is C21H23NO. The number of phenolic OH excluding ortho intramolecular Hbond substituents is 1. The molecule has 0 unspecified atom stereocenters. The predicted molar refractivity (Wildman–Crippen MR) is 95.9 cm³/mol. The van der Waals surface area contributed by atoms with Gasteiger partial charge in [0.05, 0.1) is 11.6 Å². The predicted octanol–water partition coefficient (Wildman–Crippen LogP) is 5.58. The van der Waals surface area contributed by atoms with E-state index in [1.807, 2.05) is 6.08 Å². The van der Waals surface area contributed by atoms with Gasteiger partial charge in [0.1, 0.15) is 5.75 Å². The van der Waals surface area contributed by atoms with Gasteiger partial charge >= 0.3 is 0 Å². The molecule has 0 heterocycles. The maximum atomic E-state index is 9.35. The summed E-state index contributed by atoms with van der Waals surface area (Å²) in [7, 11) is 0. The molecule has 0 radical (unpaired) electrons. The summed E-state index contributed by atoms with van der Waals surface area (Å²) in [6.07, 6.45) is 8.09. The van der Waals surface area contributed by atoms with Crippen LogP contribution in [-0.4, -0.2) is 5.11 Å². The number of hydrogen-bond acceptors (Lipinski definition) is 2. The molecule has 2 aromatic rings. The number of allylic oxidation sites excluding steroid dienone is 1. The molecule has 23 heavy (non-hydrogen) atoms. The first-order valence-electron chi connectivity index (χ1n) is 8.23. The Hall–Kier alpha value is -2.53. The van der Waals surface area contributed by atoms with Crippen molar-refractivity contribution in [3.05, 3.63) is 65.2 Å². The van der Waals surface area contributed by atoms with Gasteiger partial charge in [0, 0.05) is 0 Å². The molecular weight excluding hydrogens is 282 g/mol. The fourth-order valence-electron chi connectivity index (χ4n) is 2.52. The van der Waals surface area contributed by atoms with Crippen molar-refractivity contribution in [2.24, 2.45) is 0 Å². The summed E-state index contributed by atoms with van der Waals surface area (Å²) in [5, 5.41) is 18.7. The van der Waals surface area contributed by atoms with Crippen LogP contribution in [-0.2, 0) is 6.42 Å². The number of unbranched alkanes of at least 4 members (excludes halogenated alkanes) is 3. The third kappa shape index (κ3) is 5.30. The van der Waals surface area contributed by atoms with Gasteiger partial charge < -0.3 is 5.11 Å². The van der Waals surface area contributed by atoms with Crippen LogP contribution in [0, 0.1) is 11.3 Å². The lowest BCUT2D eigenvalue weighted by atomic mass is 10.0. The number of nitriles is 1. The molecule has 118 valence electrons. The molecule has 0 saturated heterocycles. The van der Waals surface area contributed by atoms with Crippen LogP contribution in [0.1, 0.15) is 49.3 Å². The van der Waals surface area contributed by atoms with Crippen LogP contribution in [0.5, 0.6) is 5.75 Å². The average Bonchev–Trinajstić information content (AvgIpc) is 2.59.